The summed E-state index contributed by atoms with van der Waals surface area (Å²) in [6.45, 7) is 2.52. The molecule has 2 aromatic rings. The Bertz CT molecular complexity index is 517. The summed E-state index contributed by atoms with van der Waals surface area (Å²) in [6.07, 6.45) is 3.35. The molecule has 2 aromatic heterocycles. The van der Waals surface area contributed by atoms with Gasteiger partial charge in [-0.15, -0.1) is 0 Å². The lowest BCUT2D eigenvalue weighted by Gasteiger charge is -2.02. The summed E-state index contributed by atoms with van der Waals surface area (Å²) in [5.41, 5.74) is 2.18. The quantitative estimate of drug-likeness (QED) is 0.853. The molecule has 0 atom stereocenters. The van der Waals surface area contributed by atoms with E-state index in [2.05, 4.69) is 4.98 Å². The predicted octanol–water partition coefficient (Wildman–Crippen LogP) is 1.94. The number of aryl methyl sites for hydroxylation is 1. The van der Waals surface area contributed by atoms with Crippen molar-refractivity contribution in [1.82, 2.24) is 9.55 Å². The first kappa shape index (κ1) is 10.4. The highest BCUT2D eigenvalue weighted by Crippen LogP contribution is 2.05. The van der Waals surface area contributed by atoms with Crippen molar-refractivity contribution in [2.75, 3.05) is 0 Å². The molecule has 0 aliphatic rings. The molecule has 0 unspecified atom stereocenters. The normalized spacial score (nSPS) is 10.3. The van der Waals surface area contributed by atoms with E-state index in [9.17, 15) is 4.79 Å². The lowest BCUT2D eigenvalue weighted by atomic mass is 10.3. The molecule has 0 spiro atoms. The standard InChI is InChI=1S/C12H12N2O2/c1-9-3-2-4-11(13-9)8-14-6-5-10(7-14)12(15)16/h2-7H,8H2,1H3,(H,15,16). The van der Waals surface area contributed by atoms with Crippen molar-refractivity contribution < 1.29 is 9.90 Å². The minimum atomic E-state index is -0.907. The second-order valence-electron chi connectivity index (χ2n) is 3.65. The Balaban J connectivity index is 2.17. The van der Waals surface area contributed by atoms with Gasteiger partial charge in [0.05, 0.1) is 17.8 Å². The lowest BCUT2D eigenvalue weighted by Crippen LogP contribution is -2.00. The number of rotatable bonds is 3. The fraction of sp³-hybridized carbons (Fsp3) is 0.167. The molecule has 1 N–H and O–H groups in total. The zero-order valence-corrected chi connectivity index (χ0v) is 8.92. The Hall–Kier alpha value is -2.10. The number of pyridine rings is 1. The van der Waals surface area contributed by atoms with Gasteiger partial charge in [0.2, 0.25) is 0 Å². The van der Waals surface area contributed by atoms with Crippen LogP contribution in [0.5, 0.6) is 0 Å². The van der Waals surface area contributed by atoms with Gasteiger partial charge in [0.25, 0.3) is 0 Å². The Morgan fingerprint density at radius 2 is 2.25 bits per heavy atom. The van der Waals surface area contributed by atoms with Crippen LogP contribution in [0.4, 0.5) is 0 Å². The van der Waals surface area contributed by atoms with Crippen LogP contribution >= 0.6 is 0 Å². The second kappa shape index (κ2) is 4.18. The first-order chi connectivity index (χ1) is 7.65. The number of hydrogen-bond donors (Lipinski definition) is 1. The molecular weight excluding hydrogens is 204 g/mol. The van der Waals surface area contributed by atoms with E-state index in [1.807, 2.05) is 29.7 Å². The summed E-state index contributed by atoms with van der Waals surface area (Å²) in [7, 11) is 0. The molecule has 0 amide bonds. The third-order valence-corrected chi connectivity index (χ3v) is 2.29. The summed E-state index contributed by atoms with van der Waals surface area (Å²) in [6, 6.07) is 7.38. The van der Waals surface area contributed by atoms with E-state index in [1.54, 1.807) is 18.5 Å². The van der Waals surface area contributed by atoms with E-state index in [0.717, 1.165) is 11.4 Å². The zero-order chi connectivity index (χ0) is 11.5. The van der Waals surface area contributed by atoms with E-state index in [-0.39, 0.29) is 0 Å². The van der Waals surface area contributed by atoms with Gasteiger partial charge in [-0.3, -0.25) is 4.98 Å². The van der Waals surface area contributed by atoms with Crippen molar-refractivity contribution >= 4 is 5.97 Å². The van der Waals surface area contributed by atoms with Gasteiger partial charge in [0, 0.05) is 18.1 Å². The SMILES string of the molecule is Cc1cccc(Cn2ccc(C(=O)O)c2)n1. The van der Waals surface area contributed by atoms with Crippen molar-refractivity contribution in [3.63, 3.8) is 0 Å². The third-order valence-electron chi connectivity index (χ3n) is 2.29. The van der Waals surface area contributed by atoms with Crippen LogP contribution in [0.2, 0.25) is 0 Å². The minimum absolute atomic E-state index is 0.299. The molecule has 0 aromatic carbocycles. The van der Waals surface area contributed by atoms with Crippen molar-refractivity contribution in [2.24, 2.45) is 0 Å². The average Bonchev–Trinajstić information content (AvgIpc) is 2.66. The number of carbonyl (C=O) groups is 1. The van der Waals surface area contributed by atoms with Gasteiger partial charge in [-0.1, -0.05) is 6.07 Å². The maximum atomic E-state index is 10.7. The Labute approximate surface area is 93.2 Å². The van der Waals surface area contributed by atoms with E-state index in [0.29, 0.717) is 12.1 Å². The number of hydrogen-bond acceptors (Lipinski definition) is 2. The van der Waals surface area contributed by atoms with Gasteiger partial charge in [-0.05, 0) is 25.1 Å². The molecule has 2 rings (SSSR count). The van der Waals surface area contributed by atoms with Crippen LogP contribution in [0.3, 0.4) is 0 Å². The van der Waals surface area contributed by atoms with Crippen LogP contribution in [0.25, 0.3) is 0 Å². The highest BCUT2D eigenvalue weighted by Gasteiger charge is 2.04. The van der Waals surface area contributed by atoms with Gasteiger partial charge in [-0.25, -0.2) is 4.79 Å². The molecule has 0 fully saturated rings. The summed E-state index contributed by atoms with van der Waals surface area (Å²) in [5.74, 6) is -0.907. The van der Waals surface area contributed by atoms with Crippen LogP contribution in [-0.4, -0.2) is 20.6 Å². The van der Waals surface area contributed by atoms with Crippen molar-refractivity contribution in [1.29, 1.82) is 0 Å². The predicted molar refractivity (Wildman–Crippen MR) is 59.5 cm³/mol. The first-order valence-corrected chi connectivity index (χ1v) is 4.97. The number of aromatic carboxylic acids is 1. The monoisotopic (exact) mass is 216 g/mol. The second-order valence-corrected chi connectivity index (χ2v) is 3.65. The number of carboxylic acids is 1. The topological polar surface area (TPSA) is 55.1 Å². The van der Waals surface area contributed by atoms with E-state index in [1.165, 1.54) is 0 Å². The fourth-order valence-corrected chi connectivity index (χ4v) is 1.54. The Morgan fingerprint density at radius 3 is 2.88 bits per heavy atom. The lowest BCUT2D eigenvalue weighted by molar-refractivity contribution is 0.0697. The minimum Gasteiger partial charge on any atom is -0.478 e. The smallest absolute Gasteiger partial charge is 0.337 e. The molecule has 0 aliphatic heterocycles. The van der Waals surface area contributed by atoms with Crippen LogP contribution in [0, 0.1) is 6.92 Å². The maximum absolute atomic E-state index is 10.7. The molecule has 4 nitrogen and oxygen atoms in total. The molecule has 0 bridgehead atoms. The third kappa shape index (κ3) is 2.28. The molecule has 0 saturated carbocycles. The molecule has 0 saturated heterocycles. The summed E-state index contributed by atoms with van der Waals surface area (Å²) < 4.78 is 1.81. The van der Waals surface area contributed by atoms with Crippen LogP contribution in [0.1, 0.15) is 21.7 Å². The molecule has 82 valence electrons. The summed E-state index contributed by atoms with van der Waals surface area (Å²) >= 11 is 0. The van der Waals surface area contributed by atoms with Crippen molar-refractivity contribution in [2.45, 2.75) is 13.5 Å². The number of aromatic nitrogens is 2. The Kier molecular flexibility index (Phi) is 2.72. The van der Waals surface area contributed by atoms with Gasteiger partial charge < -0.3 is 9.67 Å². The molecule has 16 heavy (non-hydrogen) atoms. The van der Waals surface area contributed by atoms with Crippen LogP contribution in [-0.2, 0) is 6.54 Å². The highest BCUT2D eigenvalue weighted by atomic mass is 16.4. The first-order valence-electron chi connectivity index (χ1n) is 4.97. The largest absolute Gasteiger partial charge is 0.478 e. The van der Waals surface area contributed by atoms with Crippen LogP contribution < -0.4 is 0 Å². The van der Waals surface area contributed by atoms with E-state index >= 15 is 0 Å². The van der Waals surface area contributed by atoms with Gasteiger partial charge >= 0.3 is 5.97 Å². The highest BCUT2D eigenvalue weighted by molar-refractivity contribution is 5.87. The van der Waals surface area contributed by atoms with E-state index in [4.69, 9.17) is 5.11 Å². The van der Waals surface area contributed by atoms with Gasteiger partial charge in [0.1, 0.15) is 0 Å². The number of carboxylic acid groups (broad SMARTS) is 1. The fourth-order valence-electron chi connectivity index (χ4n) is 1.54. The Morgan fingerprint density at radius 1 is 1.44 bits per heavy atom. The van der Waals surface area contributed by atoms with Crippen molar-refractivity contribution in [3.05, 3.63) is 53.6 Å². The molecule has 0 radical (unpaired) electrons. The van der Waals surface area contributed by atoms with Gasteiger partial charge in [0.15, 0.2) is 0 Å². The molecular formula is C12H12N2O2. The maximum Gasteiger partial charge on any atom is 0.337 e. The van der Waals surface area contributed by atoms with E-state index < -0.39 is 5.97 Å². The number of nitrogens with zero attached hydrogens (tertiary/aromatic N) is 2. The zero-order valence-electron chi connectivity index (χ0n) is 8.92. The molecule has 4 heteroatoms. The average molecular weight is 216 g/mol. The van der Waals surface area contributed by atoms with Crippen LogP contribution in [0.15, 0.2) is 36.7 Å². The van der Waals surface area contributed by atoms with Gasteiger partial charge in [-0.2, -0.15) is 0 Å². The summed E-state index contributed by atoms with van der Waals surface area (Å²) in [5, 5.41) is 8.78. The molecule has 2 heterocycles. The summed E-state index contributed by atoms with van der Waals surface area (Å²) in [4.78, 5) is 15.0. The molecule has 0 aliphatic carbocycles. The van der Waals surface area contributed by atoms with Crippen molar-refractivity contribution in [3.8, 4) is 0 Å².